The summed E-state index contributed by atoms with van der Waals surface area (Å²) < 4.78 is 0. The molecule has 7 rings (SSSR count). The minimum Gasteiger partial charge on any atom is -0.0651 e. The topological polar surface area (TPSA) is 0 Å². The van der Waals surface area contributed by atoms with Crippen LogP contribution in [-0.2, 0) is 0 Å². The van der Waals surface area contributed by atoms with Crippen LogP contribution >= 0.6 is 0 Å². The first-order valence-corrected chi connectivity index (χ1v) is 31.6. The van der Waals surface area contributed by atoms with Crippen molar-refractivity contribution >= 4 is 0 Å². The summed E-state index contributed by atoms with van der Waals surface area (Å²) in [6.07, 6.45) is 40.7. The molecule has 7 saturated carbocycles. The minimum absolute atomic E-state index is 0.571. The molecule has 410 valence electrons. The highest BCUT2D eigenvalue weighted by molar-refractivity contribution is 4.90. The molecule has 0 heteroatoms. The largest absolute Gasteiger partial charge is 0.0651 e. The van der Waals surface area contributed by atoms with Gasteiger partial charge in [-0.2, -0.15) is 0 Å². The molecule has 0 amide bonds. The third-order valence-electron chi connectivity index (χ3n) is 21.5. The molecular weight excluding hydrogens is 817 g/mol. The van der Waals surface area contributed by atoms with Gasteiger partial charge in [0.2, 0.25) is 0 Å². The Labute approximate surface area is 435 Å². The van der Waals surface area contributed by atoms with Crippen molar-refractivity contribution in [2.75, 3.05) is 0 Å². The molecule has 3 unspecified atom stereocenters. The maximum Gasteiger partial charge on any atom is -0.0323 e. The Morgan fingerprint density at radius 2 is 0.691 bits per heavy atom. The molecule has 0 nitrogen and oxygen atoms in total. The highest BCUT2D eigenvalue weighted by Crippen LogP contribution is 2.50. The van der Waals surface area contributed by atoms with E-state index in [1.54, 1.807) is 0 Å². The second-order valence-corrected chi connectivity index (χ2v) is 29.3. The Bertz CT molecular complexity index is 1100. The molecule has 7 fully saturated rings. The molecule has 0 N–H and O–H groups in total. The van der Waals surface area contributed by atoms with E-state index in [1.807, 2.05) is 0 Å². The highest BCUT2D eigenvalue weighted by Gasteiger charge is 2.40. The fourth-order valence-corrected chi connectivity index (χ4v) is 12.6. The molecule has 0 aromatic carbocycles. The second-order valence-electron chi connectivity index (χ2n) is 29.3. The van der Waals surface area contributed by atoms with Gasteiger partial charge < -0.3 is 0 Å². The van der Waals surface area contributed by atoms with Crippen LogP contribution in [0.3, 0.4) is 0 Å². The van der Waals surface area contributed by atoms with Gasteiger partial charge in [0.1, 0.15) is 0 Å². The summed E-state index contributed by atoms with van der Waals surface area (Å²) in [5, 5.41) is 0. The lowest BCUT2D eigenvalue weighted by molar-refractivity contribution is 0.0286. The number of hydrogen-bond acceptors (Lipinski definition) is 0. The summed E-state index contributed by atoms with van der Waals surface area (Å²) in [7, 11) is 0. The summed E-state index contributed by atoms with van der Waals surface area (Å²) in [5.41, 5.74) is 2.44. The Balaban J connectivity index is 0.000000757. The van der Waals surface area contributed by atoms with Crippen LogP contribution in [-0.4, -0.2) is 0 Å². The smallest absolute Gasteiger partial charge is 0.0323 e. The monoisotopic (exact) mass is 955 g/mol. The van der Waals surface area contributed by atoms with Gasteiger partial charge in [-0.1, -0.05) is 307 Å². The van der Waals surface area contributed by atoms with Gasteiger partial charge in [0.25, 0.3) is 0 Å². The van der Waals surface area contributed by atoms with Crippen LogP contribution in [0.15, 0.2) is 0 Å². The molecule has 0 bridgehead atoms. The fourth-order valence-electron chi connectivity index (χ4n) is 12.6. The fraction of sp³-hybridized carbons (Fsp3) is 1.00. The third kappa shape index (κ3) is 29.0. The van der Waals surface area contributed by atoms with E-state index >= 15 is 0 Å². The number of rotatable bonds is 5. The van der Waals surface area contributed by atoms with Crippen molar-refractivity contribution in [2.45, 2.75) is 339 Å². The quantitative estimate of drug-likeness (QED) is 0.258. The van der Waals surface area contributed by atoms with Crippen LogP contribution in [0.1, 0.15) is 339 Å². The molecule has 0 saturated heterocycles. The van der Waals surface area contributed by atoms with Crippen molar-refractivity contribution < 1.29 is 0 Å². The number of hydrogen-bond donors (Lipinski definition) is 0. The molecule has 68 heavy (non-hydrogen) atoms. The standard InChI is InChI=1S/C11H22.3C9H18.2C8H16.C7H14.C7H16/c1-9-10(2,3)7-6-8-11(9,4)5;1-8-4-6-9(2,3)7-5-8;1-8-6-4-5-7-9(8,2)3;1-7-5-4-6-8(2)9(7)3;1-7-5-3-4-6-8(7)2;1-7(2)8-5-3-4-6-8;1-6(2)7-4-3-5-7;1-4-7(5-2)6-3/h9H,6-8H2,1-5H3;2*8H,4-7H2,1-3H3;7-9H,4-6H2,1-3H3;2*7-8H,3-6H2,1-2H3;6-7H,3-5H2,1-2H3;7H,4-6H2,1-3H3/t;;8-;;7-,8?;;;/m..1.1.../s1. The maximum absolute atomic E-state index is 2.42. The van der Waals surface area contributed by atoms with Crippen molar-refractivity contribution in [3.05, 3.63) is 0 Å². The SMILES string of the molecule is CC(C)C1CCC1.CC(C)C1CCCC1.CC1C(C)(C)CCCC1(C)C.CC1CCC(C)(C)CC1.CC1CCCC(C)C1C.CC1CCCC[C@H]1C.CCC(CC)CC.C[C@@H]1CCCCC1(C)C. The average Bonchev–Trinajstić information content (AvgIpc) is 3.80. The normalized spacial score (nSPS) is 29.9. The van der Waals surface area contributed by atoms with E-state index < -0.39 is 0 Å². The van der Waals surface area contributed by atoms with Crippen LogP contribution in [0.5, 0.6) is 0 Å². The molecule has 5 atom stereocenters. The van der Waals surface area contributed by atoms with Gasteiger partial charge in [0.15, 0.2) is 0 Å². The minimum atomic E-state index is 0.571. The first kappa shape index (κ1) is 68.0. The van der Waals surface area contributed by atoms with Gasteiger partial charge in [-0.05, 0) is 131 Å². The van der Waals surface area contributed by atoms with E-state index in [1.165, 1.54) is 180 Å². The first-order valence-electron chi connectivity index (χ1n) is 31.6. The second kappa shape index (κ2) is 35.2. The van der Waals surface area contributed by atoms with Crippen LogP contribution in [0.2, 0.25) is 0 Å². The predicted molar refractivity (Wildman–Crippen MR) is 315 cm³/mol. The summed E-state index contributed by atoms with van der Waals surface area (Å²) in [6, 6.07) is 0. The Morgan fingerprint density at radius 1 is 0.353 bits per heavy atom. The van der Waals surface area contributed by atoms with Gasteiger partial charge in [0, 0.05) is 0 Å². The van der Waals surface area contributed by atoms with Gasteiger partial charge >= 0.3 is 0 Å². The molecular formula is C68H138. The van der Waals surface area contributed by atoms with Crippen molar-refractivity contribution in [3.63, 3.8) is 0 Å². The zero-order valence-corrected chi connectivity index (χ0v) is 52.3. The molecule has 0 aromatic rings. The van der Waals surface area contributed by atoms with E-state index in [-0.39, 0.29) is 0 Å². The molecule has 0 radical (unpaired) electrons. The van der Waals surface area contributed by atoms with Gasteiger partial charge in [-0.25, -0.2) is 0 Å². The van der Waals surface area contributed by atoms with Crippen molar-refractivity contribution in [3.8, 4) is 0 Å². The van der Waals surface area contributed by atoms with E-state index in [9.17, 15) is 0 Å². The lowest BCUT2D eigenvalue weighted by Gasteiger charge is -2.47. The van der Waals surface area contributed by atoms with Crippen LogP contribution in [0, 0.1) is 98.6 Å². The van der Waals surface area contributed by atoms with Gasteiger partial charge in [-0.15, -0.1) is 0 Å². The zero-order chi connectivity index (χ0) is 52.3. The molecule has 0 aromatic heterocycles. The molecule has 7 aliphatic carbocycles. The van der Waals surface area contributed by atoms with E-state index in [0.717, 1.165) is 76.9 Å². The van der Waals surface area contributed by atoms with Crippen molar-refractivity contribution in [1.29, 1.82) is 0 Å². The van der Waals surface area contributed by atoms with Gasteiger partial charge in [0.05, 0.1) is 0 Å². The van der Waals surface area contributed by atoms with Crippen molar-refractivity contribution in [1.82, 2.24) is 0 Å². The van der Waals surface area contributed by atoms with E-state index in [0.29, 0.717) is 21.7 Å². The Hall–Kier alpha value is 0. The summed E-state index contributed by atoms with van der Waals surface area (Å²) in [4.78, 5) is 0. The van der Waals surface area contributed by atoms with E-state index in [2.05, 4.69) is 159 Å². The summed E-state index contributed by atoms with van der Waals surface area (Å²) in [5.74, 6) is 12.8. The van der Waals surface area contributed by atoms with Crippen LogP contribution in [0.4, 0.5) is 0 Å². The van der Waals surface area contributed by atoms with E-state index in [4.69, 9.17) is 0 Å². The van der Waals surface area contributed by atoms with Crippen molar-refractivity contribution in [2.24, 2.45) is 98.6 Å². The van der Waals surface area contributed by atoms with Crippen LogP contribution in [0.25, 0.3) is 0 Å². The Kier molecular flexibility index (Phi) is 35.2. The lowest BCUT2D eigenvalue weighted by atomic mass is 9.58. The lowest BCUT2D eigenvalue weighted by Crippen LogP contribution is -2.38. The molecule has 0 spiro atoms. The predicted octanol–water partition coefficient (Wildman–Crippen LogP) is 24.3. The maximum atomic E-state index is 2.42. The molecule has 0 aliphatic heterocycles. The average molecular weight is 956 g/mol. The van der Waals surface area contributed by atoms with Gasteiger partial charge in [-0.3, -0.25) is 0 Å². The third-order valence-corrected chi connectivity index (χ3v) is 21.5. The summed E-state index contributed by atoms with van der Waals surface area (Å²) >= 11 is 0. The zero-order valence-electron chi connectivity index (χ0n) is 52.3. The van der Waals surface area contributed by atoms with Crippen LogP contribution < -0.4 is 0 Å². The highest BCUT2D eigenvalue weighted by atomic mass is 14.5. The molecule has 7 aliphatic rings. The summed E-state index contributed by atoms with van der Waals surface area (Å²) in [6.45, 7) is 54.5. The molecule has 0 heterocycles. The first-order chi connectivity index (χ1) is 31.6. The Morgan fingerprint density at radius 3 is 0.926 bits per heavy atom.